The van der Waals surface area contributed by atoms with Crippen molar-refractivity contribution in [2.75, 3.05) is 13.2 Å². The fourth-order valence-electron chi connectivity index (χ4n) is 2.43. The number of benzene rings is 2. The smallest absolute Gasteiger partial charge is 0.339 e. The van der Waals surface area contributed by atoms with E-state index in [-0.39, 0.29) is 5.56 Å². The van der Waals surface area contributed by atoms with Crippen LogP contribution in [-0.4, -0.2) is 25.2 Å². The summed E-state index contributed by atoms with van der Waals surface area (Å²) in [7, 11) is 0. The van der Waals surface area contributed by atoms with Gasteiger partial charge in [-0.05, 0) is 29.7 Å². The average molecular weight is 328 g/mol. The number of hydrogen-bond acceptors (Lipinski definition) is 4. The molecular formula is C20H24O4. The van der Waals surface area contributed by atoms with Gasteiger partial charge in [0.05, 0.1) is 24.3 Å². The topological polar surface area (TPSA) is 52.6 Å². The molecule has 0 aromatic heterocycles. The maximum Gasteiger partial charge on any atom is 0.339 e. The lowest BCUT2D eigenvalue weighted by molar-refractivity contribution is 0.0454. The number of hydrogen-bond donors (Lipinski definition) is 0. The van der Waals surface area contributed by atoms with E-state index in [0.29, 0.717) is 24.2 Å². The maximum atomic E-state index is 12.6. The molecule has 24 heavy (non-hydrogen) atoms. The molecule has 0 spiro atoms. The third-order valence-electron chi connectivity index (χ3n) is 3.82. The number of fused-ring (bicyclic) bond motifs is 1. The molecule has 0 saturated carbocycles. The number of rotatable bonds is 8. The molecule has 4 nitrogen and oxygen atoms in total. The Morgan fingerprint density at radius 1 is 0.833 bits per heavy atom. The van der Waals surface area contributed by atoms with Gasteiger partial charge in [-0.3, -0.25) is 0 Å². The molecule has 0 aliphatic carbocycles. The molecule has 4 heteroatoms. The van der Waals surface area contributed by atoms with Gasteiger partial charge in [0.25, 0.3) is 0 Å². The van der Waals surface area contributed by atoms with Crippen molar-refractivity contribution in [3.8, 4) is 0 Å². The lowest BCUT2D eigenvalue weighted by atomic mass is 9.99. The first-order valence-corrected chi connectivity index (χ1v) is 8.55. The SMILES string of the molecule is CCCCOC(=O)c1ccc2ccccc2c1C(=O)OCCCC. The minimum atomic E-state index is -0.475. The Morgan fingerprint density at radius 2 is 1.46 bits per heavy atom. The van der Waals surface area contributed by atoms with Crippen molar-refractivity contribution in [2.45, 2.75) is 39.5 Å². The molecular weight excluding hydrogens is 304 g/mol. The summed E-state index contributed by atoms with van der Waals surface area (Å²) in [5.74, 6) is -0.945. The Bertz CT molecular complexity index is 706. The van der Waals surface area contributed by atoms with E-state index in [1.165, 1.54) is 0 Å². The highest BCUT2D eigenvalue weighted by atomic mass is 16.5. The van der Waals surface area contributed by atoms with E-state index >= 15 is 0 Å². The molecule has 0 heterocycles. The second-order valence-corrected chi connectivity index (χ2v) is 5.69. The van der Waals surface area contributed by atoms with E-state index in [1.807, 2.05) is 44.2 Å². The van der Waals surface area contributed by atoms with Crippen molar-refractivity contribution in [3.05, 3.63) is 47.5 Å². The molecule has 0 unspecified atom stereocenters. The second kappa shape index (κ2) is 9.06. The van der Waals surface area contributed by atoms with Gasteiger partial charge >= 0.3 is 11.9 Å². The summed E-state index contributed by atoms with van der Waals surface area (Å²) >= 11 is 0. The lowest BCUT2D eigenvalue weighted by Crippen LogP contribution is -2.15. The molecule has 0 amide bonds. The molecule has 0 saturated heterocycles. The Morgan fingerprint density at radius 3 is 2.12 bits per heavy atom. The van der Waals surface area contributed by atoms with Crippen LogP contribution in [0.3, 0.4) is 0 Å². The molecule has 0 aliphatic heterocycles. The third kappa shape index (κ3) is 4.34. The van der Waals surface area contributed by atoms with E-state index < -0.39 is 11.9 Å². The standard InChI is InChI=1S/C20H24O4/c1-3-5-13-23-19(21)17-12-11-15-9-7-8-10-16(15)18(17)20(22)24-14-6-4-2/h7-12H,3-6,13-14H2,1-2H3. The molecule has 0 N–H and O–H groups in total. The van der Waals surface area contributed by atoms with E-state index in [9.17, 15) is 9.59 Å². The van der Waals surface area contributed by atoms with Gasteiger partial charge in [0.1, 0.15) is 0 Å². The van der Waals surface area contributed by atoms with Crippen molar-refractivity contribution in [1.29, 1.82) is 0 Å². The number of carbonyl (C=O) groups is 2. The van der Waals surface area contributed by atoms with Gasteiger partial charge in [-0.15, -0.1) is 0 Å². The third-order valence-corrected chi connectivity index (χ3v) is 3.82. The van der Waals surface area contributed by atoms with Gasteiger partial charge in [0.2, 0.25) is 0 Å². The zero-order valence-electron chi connectivity index (χ0n) is 14.3. The lowest BCUT2D eigenvalue weighted by Gasteiger charge is -2.12. The van der Waals surface area contributed by atoms with E-state index in [0.717, 1.165) is 31.1 Å². The summed E-state index contributed by atoms with van der Waals surface area (Å²) in [6.07, 6.45) is 3.48. The van der Waals surface area contributed by atoms with E-state index in [1.54, 1.807) is 6.07 Å². The second-order valence-electron chi connectivity index (χ2n) is 5.69. The van der Waals surface area contributed by atoms with Gasteiger partial charge < -0.3 is 9.47 Å². The van der Waals surface area contributed by atoms with Gasteiger partial charge in [0.15, 0.2) is 0 Å². The summed E-state index contributed by atoms with van der Waals surface area (Å²) in [5.41, 5.74) is 0.567. The molecule has 0 radical (unpaired) electrons. The van der Waals surface area contributed by atoms with Crippen LogP contribution in [0.5, 0.6) is 0 Å². The maximum absolute atomic E-state index is 12.6. The predicted octanol–water partition coefficient (Wildman–Crippen LogP) is 4.75. The molecule has 2 aromatic rings. The van der Waals surface area contributed by atoms with Crippen molar-refractivity contribution in [1.82, 2.24) is 0 Å². The first kappa shape index (κ1) is 18.0. The average Bonchev–Trinajstić information content (AvgIpc) is 2.61. The number of unbranched alkanes of at least 4 members (excludes halogenated alkanes) is 2. The molecule has 0 aliphatic rings. The Balaban J connectivity index is 2.37. The number of ether oxygens (including phenoxy) is 2. The molecule has 2 rings (SSSR count). The van der Waals surface area contributed by atoms with Crippen LogP contribution in [-0.2, 0) is 9.47 Å². The number of esters is 2. The van der Waals surface area contributed by atoms with Crippen molar-refractivity contribution in [2.24, 2.45) is 0 Å². The van der Waals surface area contributed by atoms with Gasteiger partial charge in [0, 0.05) is 0 Å². The fraction of sp³-hybridized carbons (Fsp3) is 0.400. The van der Waals surface area contributed by atoms with Crippen molar-refractivity contribution < 1.29 is 19.1 Å². The summed E-state index contributed by atoms with van der Waals surface area (Å²) in [6.45, 7) is 4.76. The van der Waals surface area contributed by atoms with Crippen molar-refractivity contribution in [3.63, 3.8) is 0 Å². The first-order valence-electron chi connectivity index (χ1n) is 8.55. The Hall–Kier alpha value is -2.36. The zero-order valence-corrected chi connectivity index (χ0v) is 14.3. The largest absolute Gasteiger partial charge is 0.462 e. The quantitative estimate of drug-likeness (QED) is 0.518. The normalized spacial score (nSPS) is 10.6. The van der Waals surface area contributed by atoms with Gasteiger partial charge in [-0.2, -0.15) is 0 Å². The van der Waals surface area contributed by atoms with Crippen LogP contribution >= 0.6 is 0 Å². The summed E-state index contributed by atoms with van der Waals surface area (Å²) < 4.78 is 10.6. The summed E-state index contributed by atoms with van der Waals surface area (Å²) in [5, 5.41) is 1.61. The Kier molecular flexibility index (Phi) is 6.79. The Labute approximate surface area is 142 Å². The van der Waals surface area contributed by atoms with Crippen LogP contribution < -0.4 is 0 Å². The van der Waals surface area contributed by atoms with Crippen LogP contribution in [0.25, 0.3) is 10.8 Å². The molecule has 2 aromatic carbocycles. The molecule has 128 valence electrons. The molecule has 0 atom stereocenters. The van der Waals surface area contributed by atoms with Gasteiger partial charge in [-0.1, -0.05) is 57.0 Å². The van der Waals surface area contributed by atoms with Crippen LogP contribution in [0.2, 0.25) is 0 Å². The summed E-state index contributed by atoms with van der Waals surface area (Å²) in [4.78, 5) is 24.9. The van der Waals surface area contributed by atoms with E-state index in [4.69, 9.17) is 9.47 Å². The molecule has 0 bridgehead atoms. The summed E-state index contributed by atoms with van der Waals surface area (Å²) in [6, 6.07) is 11.0. The highest BCUT2D eigenvalue weighted by molar-refractivity contribution is 6.12. The molecule has 0 fully saturated rings. The highest BCUT2D eigenvalue weighted by Crippen LogP contribution is 2.24. The van der Waals surface area contributed by atoms with Crippen LogP contribution in [0, 0.1) is 0 Å². The number of carbonyl (C=O) groups excluding carboxylic acids is 2. The minimum Gasteiger partial charge on any atom is -0.462 e. The van der Waals surface area contributed by atoms with Crippen LogP contribution in [0.15, 0.2) is 36.4 Å². The van der Waals surface area contributed by atoms with Gasteiger partial charge in [-0.25, -0.2) is 9.59 Å². The van der Waals surface area contributed by atoms with E-state index in [2.05, 4.69) is 0 Å². The van der Waals surface area contributed by atoms with Crippen LogP contribution in [0.1, 0.15) is 60.2 Å². The predicted molar refractivity (Wildman–Crippen MR) is 94.3 cm³/mol. The van der Waals surface area contributed by atoms with Crippen molar-refractivity contribution >= 4 is 22.7 Å². The zero-order chi connectivity index (χ0) is 17.4. The van der Waals surface area contributed by atoms with Crippen LogP contribution in [0.4, 0.5) is 0 Å². The first-order chi connectivity index (χ1) is 11.7. The highest BCUT2D eigenvalue weighted by Gasteiger charge is 2.22. The minimum absolute atomic E-state index is 0.270. The fourth-order valence-corrected chi connectivity index (χ4v) is 2.43. The monoisotopic (exact) mass is 328 g/mol.